The number of anilines is 1. The van der Waals surface area contributed by atoms with Crippen molar-refractivity contribution in [3.8, 4) is 0 Å². The number of halogens is 1. The summed E-state index contributed by atoms with van der Waals surface area (Å²) in [6.07, 6.45) is 0. The first-order chi connectivity index (χ1) is 13.2. The van der Waals surface area contributed by atoms with Crippen LogP contribution in [-0.2, 0) is 21.4 Å². The van der Waals surface area contributed by atoms with Gasteiger partial charge in [-0.05, 0) is 50.2 Å². The molecule has 0 aliphatic rings. The van der Waals surface area contributed by atoms with Gasteiger partial charge in [0.2, 0.25) is 10.7 Å². The molecular weight excluding hydrogens is 464 g/mol. The summed E-state index contributed by atoms with van der Waals surface area (Å²) < 4.78 is 31.2. The molecule has 2 aromatic carbocycles. The number of nitrogens with zero attached hydrogens (tertiary/aromatic N) is 3. The van der Waals surface area contributed by atoms with Gasteiger partial charge in [-0.25, -0.2) is 4.68 Å². The molecule has 0 saturated heterocycles. The lowest BCUT2D eigenvalue weighted by Gasteiger charge is -2.05. The highest BCUT2D eigenvalue weighted by molar-refractivity contribution is 9.10. The zero-order chi connectivity index (χ0) is 20.3. The molecule has 28 heavy (non-hydrogen) atoms. The maximum atomic E-state index is 12.6. The maximum Gasteiger partial charge on any atom is 0.285 e. The van der Waals surface area contributed by atoms with E-state index in [1.54, 1.807) is 31.2 Å². The van der Waals surface area contributed by atoms with Gasteiger partial charge in [-0.3, -0.25) is 4.79 Å². The minimum absolute atomic E-state index is 0.0926. The number of rotatable bonds is 5. The second-order valence-corrected chi connectivity index (χ2v) is 9.68. The Morgan fingerprint density at radius 1 is 1.14 bits per heavy atom. The quantitative estimate of drug-likeness (QED) is 0.606. The van der Waals surface area contributed by atoms with Crippen LogP contribution < -0.4 is 10.1 Å². The molecule has 1 heterocycles. The van der Waals surface area contributed by atoms with Crippen molar-refractivity contribution in [2.24, 2.45) is 4.40 Å². The molecule has 3 rings (SSSR count). The van der Waals surface area contributed by atoms with E-state index in [1.807, 2.05) is 19.1 Å². The topological polar surface area (TPSA) is 93.4 Å². The van der Waals surface area contributed by atoms with Crippen molar-refractivity contribution in [3.05, 3.63) is 68.4 Å². The van der Waals surface area contributed by atoms with Crippen molar-refractivity contribution in [2.75, 3.05) is 5.32 Å². The van der Waals surface area contributed by atoms with E-state index in [1.165, 1.54) is 16.8 Å². The highest BCUT2D eigenvalue weighted by atomic mass is 79.9. The zero-order valence-electron chi connectivity index (χ0n) is 15.1. The molecule has 0 spiro atoms. The molecule has 10 heteroatoms. The lowest BCUT2D eigenvalue weighted by atomic mass is 10.2. The standard InChI is InChI=1S/C18H17BrN4O3S2/c1-12-3-9-16(10-4-12)28(25,26)22-18-23(21-13(2)27-18)11-17(24)20-15-7-5-14(19)6-8-15/h3-10H,11H2,1-2H3,(H,20,24). The Hall–Kier alpha value is -2.30. The normalized spacial score (nSPS) is 12.2. The lowest BCUT2D eigenvalue weighted by molar-refractivity contribution is -0.117. The van der Waals surface area contributed by atoms with Crippen LogP contribution in [0.25, 0.3) is 0 Å². The summed E-state index contributed by atoms with van der Waals surface area (Å²) in [6, 6.07) is 13.6. The third-order valence-corrected chi connectivity index (χ3v) is 6.45. The van der Waals surface area contributed by atoms with Crippen LogP contribution in [0.5, 0.6) is 0 Å². The van der Waals surface area contributed by atoms with E-state index in [2.05, 4.69) is 30.7 Å². The number of sulfonamides is 1. The second-order valence-electron chi connectivity index (χ2n) is 6.00. The number of aryl methyl sites for hydroxylation is 2. The molecule has 0 unspecified atom stereocenters. The van der Waals surface area contributed by atoms with Crippen LogP contribution >= 0.6 is 27.3 Å². The van der Waals surface area contributed by atoms with E-state index in [4.69, 9.17) is 0 Å². The largest absolute Gasteiger partial charge is 0.324 e. The maximum absolute atomic E-state index is 12.6. The summed E-state index contributed by atoms with van der Waals surface area (Å²) in [5.74, 6) is -0.332. The first-order valence-corrected chi connectivity index (χ1v) is 11.3. The number of hydrogen-bond acceptors (Lipinski definition) is 5. The molecule has 0 aliphatic heterocycles. The van der Waals surface area contributed by atoms with Crippen molar-refractivity contribution < 1.29 is 13.2 Å². The SMILES string of the molecule is Cc1ccc(S(=O)(=O)N=c2sc(C)nn2CC(=O)Nc2ccc(Br)cc2)cc1. The molecule has 0 bridgehead atoms. The van der Waals surface area contributed by atoms with Gasteiger partial charge < -0.3 is 5.32 Å². The molecule has 0 fully saturated rings. The Balaban J connectivity index is 1.86. The van der Waals surface area contributed by atoms with Gasteiger partial charge in [-0.1, -0.05) is 45.0 Å². The smallest absolute Gasteiger partial charge is 0.285 e. The molecule has 7 nitrogen and oxygen atoms in total. The highest BCUT2D eigenvalue weighted by Gasteiger charge is 2.15. The van der Waals surface area contributed by atoms with Gasteiger partial charge >= 0.3 is 0 Å². The monoisotopic (exact) mass is 480 g/mol. The fourth-order valence-corrected chi connectivity index (χ4v) is 4.53. The number of nitrogens with one attached hydrogen (secondary N) is 1. The predicted octanol–water partition coefficient (Wildman–Crippen LogP) is 3.25. The van der Waals surface area contributed by atoms with Crippen LogP contribution in [0.1, 0.15) is 10.6 Å². The third kappa shape index (κ3) is 5.15. The molecule has 3 aromatic rings. The van der Waals surface area contributed by atoms with Gasteiger partial charge in [0.05, 0.1) is 4.90 Å². The molecule has 146 valence electrons. The van der Waals surface area contributed by atoms with Crippen LogP contribution in [0, 0.1) is 13.8 Å². The average molecular weight is 481 g/mol. The molecule has 0 radical (unpaired) electrons. The van der Waals surface area contributed by atoms with Gasteiger partial charge in [-0.15, -0.1) is 4.40 Å². The van der Waals surface area contributed by atoms with Crippen molar-refractivity contribution in [1.82, 2.24) is 9.78 Å². The fraction of sp³-hybridized carbons (Fsp3) is 0.167. The van der Waals surface area contributed by atoms with Crippen LogP contribution in [0.15, 0.2) is 62.3 Å². The minimum atomic E-state index is -3.90. The van der Waals surface area contributed by atoms with Crippen molar-refractivity contribution in [3.63, 3.8) is 0 Å². The Morgan fingerprint density at radius 2 is 1.79 bits per heavy atom. The molecule has 0 aliphatic carbocycles. The third-order valence-electron chi connectivity index (χ3n) is 3.66. The van der Waals surface area contributed by atoms with Gasteiger partial charge in [-0.2, -0.15) is 13.5 Å². The molecule has 0 atom stereocenters. The van der Waals surface area contributed by atoms with Gasteiger partial charge in [0.1, 0.15) is 11.6 Å². The van der Waals surface area contributed by atoms with Gasteiger partial charge in [0, 0.05) is 10.2 Å². The predicted molar refractivity (Wildman–Crippen MR) is 112 cm³/mol. The second kappa shape index (κ2) is 8.38. The highest BCUT2D eigenvalue weighted by Crippen LogP contribution is 2.15. The van der Waals surface area contributed by atoms with Crippen LogP contribution in [-0.4, -0.2) is 24.1 Å². The number of benzene rings is 2. The van der Waals surface area contributed by atoms with Crippen molar-refractivity contribution >= 4 is 48.9 Å². The van der Waals surface area contributed by atoms with E-state index in [0.717, 1.165) is 21.4 Å². The molecule has 1 aromatic heterocycles. The van der Waals surface area contributed by atoms with Gasteiger partial charge in [0.15, 0.2) is 0 Å². The summed E-state index contributed by atoms with van der Waals surface area (Å²) in [7, 11) is -3.90. The molecule has 1 amide bonds. The van der Waals surface area contributed by atoms with E-state index < -0.39 is 10.0 Å². The first kappa shape index (κ1) is 20.4. The van der Waals surface area contributed by atoms with Crippen molar-refractivity contribution in [2.45, 2.75) is 25.3 Å². The van der Waals surface area contributed by atoms with E-state index in [-0.39, 0.29) is 22.1 Å². The summed E-state index contributed by atoms with van der Waals surface area (Å²) in [4.78, 5) is 12.6. The molecule has 1 N–H and O–H groups in total. The molecular formula is C18H17BrN4O3S2. The Morgan fingerprint density at radius 3 is 2.43 bits per heavy atom. The summed E-state index contributed by atoms with van der Waals surface area (Å²) >= 11 is 4.44. The van der Waals surface area contributed by atoms with Crippen LogP contribution in [0.3, 0.4) is 0 Å². The van der Waals surface area contributed by atoms with E-state index in [0.29, 0.717) is 10.7 Å². The Labute approximate surface area is 174 Å². The fourth-order valence-electron chi connectivity index (χ4n) is 2.32. The van der Waals surface area contributed by atoms with Crippen LogP contribution in [0.4, 0.5) is 5.69 Å². The average Bonchev–Trinajstić information content (AvgIpc) is 2.95. The molecule has 0 saturated carbocycles. The number of amides is 1. The van der Waals surface area contributed by atoms with Gasteiger partial charge in [0.25, 0.3) is 10.0 Å². The summed E-state index contributed by atoms with van der Waals surface area (Å²) in [5.41, 5.74) is 1.58. The van der Waals surface area contributed by atoms with E-state index >= 15 is 0 Å². The number of carbonyl (C=O) groups is 1. The van der Waals surface area contributed by atoms with E-state index in [9.17, 15) is 13.2 Å². The zero-order valence-corrected chi connectivity index (χ0v) is 18.3. The Kier molecular flexibility index (Phi) is 6.11. The lowest BCUT2D eigenvalue weighted by Crippen LogP contribution is -2.27. The summed E-state index contributed by atoms with van der Waals surface area (Å²) in [6.45, 7) is 3.45. The van der Waals surface area contributed by atoms with Crippen LogP contribution in [0.2, 0.25) is 0 Å². The number of carbonyl (C=O) groups excluding carboxylic acids is 1. The Bertz CT molecular complexity index is 1160. The number of hydrogen-bond donors (Lipinski definition) is 1. The van der Waals surface area contributed by atoms with Crippen molar-refractivity contribution in [1.29, 1.82) is 0 Å². The summed E-state index contributed by atoms with van der Waals surface area (Å²) in [5, 5.41) is 7.56. The number of aromatic nitrogens is 2. The minimum Gasteiger partial charge on any atom is -0.324 e. The first-order valence-electron chi connectivity index (χ1n) is 8.20.